The topological polar surface area (TPSA) is 6.48 Å². The smallest absolute Gasteiger partial charge is 0.0514 e. The summed E-state index contributed by atoms with van der Waals surface area (Å²) in [7, 11) is 0. The number of anilines is 4. The van der Waals surface area contributed by atoms with Crippen LogP contribution in [-0.2, 0) is 16.2 Å². The largest absolute Gasteiger partial charge is 0.310 e. The van der Waals surface area contributed by atoms with Crippen LogP contribution in [0.5, 0.6) is 0 Å². The molecular weight excluding hydrogens is 857 g/mol. The summed E-state index contributed by atoms with van der Waals surface area (Å²) in [6, 6.07) is 39.1. The van der Waals surface area contributed by atoms with Gasteiger partial charge in [0.15, 0.2) is 0 Å². The normalized spacial score (nSPS) is 20.3. The molecule has 1 fully saturated rings. The molecule has 0 spiro atoms. The first-order valence-corrected chi connectivity index (χ1v) is 26.7. The lowest BCUT2D eigenvalue weighted by Crippen LogP contribution is -2.34. The molecule has 0 radical (unpaired) electrons. The molecule has 3 aliphatic rings. The van der Waals surface area contributed by atoms with Crippen LogP contribution in [0.25, 0.3) is 16.7 Å². The maximum atomic E-state index is 5.14. The molecule has 0 heterocycles. The van der Waals surface area contributed by atoms with Crippen LogP contribution >= 0.6 is 0 Å². The third kappa shape index (κ3) is 9.87. The zero-order chi connectivity index (χ0) is 51.8. The Balaban J connectivity index is 1.50. The van der Waals surface area contributed by atoms with Crippen molar-refractivity contribution in [2.75, 3.05) is 9.80 Å². The fraction of sp³-hybridized carbons (Fsp3) is 0.420. The summed E-state index contributed by atoms with van der Waals surface area (Å²) in [4.78, 5) is 5.20. The summed E-state index contributed by atoms with van der Waals surface area (Å²) in [6.45, 7) is 48.2. The Labute approximate surface area is 431 Å². The highest BCUT2D eigenvalue weighted by molar-refractivity contribution is 5.94. The average Bonchev–Trinajstić information content (AvgIpc) is 3.75. The van der Waals surface area contributed by atoms with Gasteiger partial charge in [-0.05, 0) is 177 Å². The Hall–Kier alpha value is -5.60. The molecule has 8 rings (SSSR count). The Morgan fingerprint density at radius 3 is 1.65 bits per heavy atom. The van der Waals surface area contributed by atoms with Crippen molar-refractivity contribution in [1.29, 1.82) is 0 Å². The minimum atomic E-state index is -0.185. The van der Waals surface area contributed by atoms with Crippen LogP contribution in [0.4, 0.5) is 22.7 Å². The van der Waals surface area contributed by atoms with E-state index in [0.717, 1.165) is 36.3 Å². The Morgan fingerprint density at radius 1 is 0.549 bits per heavy atom. The van der Waals surface area contributed by atoms with E-state index in [2.05, 4.69) is 262 Å². The van der Waals surface area contributed by atoms with Crippen LogP contribution in [-0.4, -0.2) is 0 Å². The number of aryl methyl sites for hydroxylation is 2. The van der Waals surface area contributed by atoms with Gasteiger partial charge in [0.2, 0.25) is 0 Å². The second kappa shape index (κ2) is 18.5. The molecule has 0 amide bonds. The summed E-state index contributed by atoms with van der Waals surface area (Å²) in [5, 5.41) is 0. The number of fused-ring (bicyclic) bond motifs is 1. The summed E-state index contributed by atoms with van der Waals surface area (Å²) in [6.07, 6.45) is 14.6. The molecule has 1 atom stereocenters. The van der Waals surface area contributed by atoms with E-state index in [-0.39, 0.29) is 38.4 Å². The number of rotatable bonds is 9. The Morgan fingerprint density at radius 2 is 1.08 bits per heavy atom. The lowest BCUT2D eigenvalue weighted by atomic mass is 9.60. The van der Waals surface area contributed by atoms with Crippen molar-refractivity contribution in [3.05, 3.63) is 195 Å². The molecule has 5 aromatic rings. The van der Waals surface area contributed by atoms with E-state index >= 15 is 0 Å². The Kier molecular flexibility index (Phi) is 13.5. The molecule has 0 saturated heterocycles. The fourth-order valence-electron chi connectivity index (χ4n) is 11.8. The van der Waals surface area contributed by atoms with E-state index in [1.807, 2.05) is 0 Å². The van der Waals surface area contributed by atoms with Gasteiger partial charge in [0.25, 0.3) is 0 Å². The predicted octanol–water partition coefficient (Wildman–Crippen LogP) is 20.1. The van der Waals surface area contributed by atoms with E-state index in [0.29, 0.717) is 0 Å². The third-order valence-corrected chi connectivity index (χ3v) is 17.0. The van der Waals surface area contributed by atoms with Gasteiger partial charge in [-0.3, -0.25) is 0 Å². The third-order valence-electron chi connectivity index (χ3n) is 17.0. The van der Waals surface area contributed by atoms with Crippen LogP contribution in [0, 0.1) is 42.9 Å². The zero-order valence-electron chi connectivity index (χ0n) is 47.1. The van der Waals surface area contributed by atoms with Gasteiger partial charge in [0.05, 0.1) is 17.1 Å². The van der Waals surface area contributed by atoms with Gasteiger partial charge < -0.3 is 9.80 Å². The SMILES string of the molecule is C=C(C=C1/C(=C\C)C(C)(C)CCC1(C)C)N(c1cc(-c2ccccc2)ccc1C)c1cc(C(C)(C)C)cc(N(C2=CC(C(C)(C)C)C=C2c2ccccc2)c2cc3c(cc2C)C(C)(C)CCC3(C)C)c1C. The highest BCUT2D eigenvalue weighted by Gasteiger charge is 2.42. The number of allylic oxidation sites excluding steroid dienone is 7. The minimum absolute atomic E-state index is 0.00835. The van der Waals surface area contributed by atoms with Gasteiger partial charge in [0, 0.05) is 28.6 Å². The fourth-order valence-corrected chi connectivity index (χ4v) is 11.8. The molecule has 3 aliphatic carbocycles. The van der Waals surface area contributed by atoms with Crippen LogP contribution in [0.15, 0.2) is 157 Å². The standard InChI is InChI=1S/C69H86N2/c1-20-55-57(68(16,17)34-33-66(55,12)13)38-47(4)70(59-39-51(32-31-45(59)2)49-27-23-21-24-28-49)61-41-53(65(9,10)11)42-62(48(61)5)71(60-44-58-56(37-46(60)3)67(14,15)35-36-69(58,18)19)63-43-52(64(6,7)8)40-54(63)50-29-25-22-26-30-50/h20-32,37-44,52H,4,33-36H2,1-3,5-19H3/b55-20+,57-38?. The van der Waals surface area contributed by atoms with Gasteiger partial charge in [0.1, 0.15) is 0 Å². The zero-order valence-corrected chi connectivity index (χ0v) is 47.1. The molecule has 1 saturated carbocycles. The van der Waals surface area contributed by atoms with E-state index in [4.69, 9.17) is 6.58 Å². The molecule has 2 heteroatoms. The van der Waals surface area contributed by atoms with E-state index in [1.165, 1.54) is 90.3 Å². The maximum absolute atomic E-state index is 5.14. The summed E-state index contributed by atoms with van der Waals surface area (Å²) in [5.41, 5.74) is 22.6. The van der Waals surface area contributed by atoms with Crippen LogP contribution in [0.1, 0.15) is 168 Å². The van der Waals surface area contributed by atoms with Crippen molar-refractivity contribution < 1.29 is 0 Å². The van der Waals surface area contributed by atoms with Crippen molar-refractivity contribution in [1.82, 2.24) is 0 Å². The first-order valence-electron chi connectivity index (χ1n) is 26.7. The highest BCUT2D eigenvalue weighted by Crippen LogP contribution is 2.55. The van der Waals surface area contributed by atoms with Crippen molar-refractivity contribution >= 4 is 28.3 Å². The van der Waals surface area contributed by atoms with E-state index < -0.39 is 0 Å². The monoisotopic (exact) mass is 943 g/mol. The Bertz CT molecular complexity index is 2980. The first-order chi connectivity index (χ1) is 33.1. The molecule has 0 aromatic heterocycles. The van der Waals surface area contributed by atoms with Gasteiger partial charge in [-0.25, -0.2) is 0 Å². The number of nitrogens with zero attached hydrogens (tertiary/aromatic N) is 2. The maximum Gasteiger partial charge on any atom is 0.0514 e. The summed E-state index contributed by atoms with van der Waals surface area (Å²) >= 11 is 0. The number of hydrogen-bond acceptors (Lipinski definition) is 2. The second-order valence-corrected chi connectivity index (χ2v) is 26.3. The molecule has 0 N–H and O–H groups in total. The van der Waals surface area contributed by atoms with Gasteiger partial charge in [-0.1, -0.05) is 201 Å². The number of hydrogen-bond donors (Lipinski definition) is 0. The molecule has 71 heavy (non-hydrogen) atoms. The second-order valence-electron chi connectivity index (χ2n) is 26.3. The van der Waals surface area contributed by atoms with Gasteiger partial charge in [-0.15, -0.1) is 0 Å². The lowest BCUT2D eigenvalue weighted by Gasteiger charge is -2.45. The quantitative estimate of drug-likeness (QED) is 0.145. The molecule has 372 valence electrons. The van der Waals surface area contributed by atoms with E-state index in [1.54, 1.807) is 0 Å². The first kappa shape index (κ1) is 51.7. The molecule has 2 nitrogen and oxygen atoms in total. The molecular formula is C69H86N2. The van der Waals surface area contributed by atoms with Crippen molar-refractivity contribution in [2.24, 2.45) is 22.2 Å². The van der Waals surface area contributed by atoms with Crippen molar-refractivity contribution in [3.8, 4) is 11.1 Å². The van der Waals surface area contributed by atoms with Crippen LogP contribution in [0.3, 0.4) is 0 Å². The highest BCUT2D eigenvalue weighted by atomic mass is 15.2. The van der Waals surface area contributed by atoms with Crippen LogP contribution < -0.4 is 9.80 Å². The van der Waals surface area contributed by atoms with Gasteiger partial charge >= 0.3 is 0 Å². The lowest BCUT2D eigenvalue weighted by molar-refractivity contribution is 0.259. The summed E-state index contributed by atoms with van der Waals surface area (Å²) in [5.74, 6) is 0.226. The van der Waals surface area contributed by atoms with Crippen molar-refractivity contribution in [2.45, 2.75) is 167 Å². The predicted molar refractivity (Wildman–Crippen MR) is 310 cm³/mol. The minimum Gasteiger partial charge on any atom is -0.310 e. The van der Waals surface area contributed by atoms with E-state index in [9.17, 15) is 0 Å². The van der Waals surface area contributed by atoms with Gasteiger partial charge in [-0.2, -0.15) is 0 Å². The molecule has 0 bridgehead atoms. The molecule has 0 aliphatic heterocycles. The number of benzene rings is 5. The molecule has 5 aromatic carbocycles. The summed E-state index contributed by atoms with van der Waals surface area (Å²) < 4.78 is 0. The molecule has 1 unspecified atom stereocenters. The van der Waals surface area contributed by atoms with Crippen LogP contribution in [0.2, 0.25) is 0 Å². The van der Waals surface area contributed by atoms with Crippen molar-refractivity contribution in [3.63, 3.8) is 0 Å². The average molecular weight is 943 g/mol.